The lowest BCUT2D eigenvalue weighted by atomic mass is 9.92. The number of nitrogens with zero attached hydrogens (tertiary/aromatic N) is 5. The number of imidazole rings is 1. The zero-order valence-electron chi connectivity index (χ0n) is 18.9. The summed E-state index contributed by atoms with van der Waals surface area (Å²) >= 11 is 0. The van der Waals surface area contributed by atoms with Crippen molar-refractivity contribution in [2.24, 2.45) is 4.99 Å². The average Bonchev–Trinajstić information content (AvgIpc) is 3.73. The van der Waals surface area contributed by atoms with E-state index in [1.54, 1.807) is 16.8 Å². The number of rotatable bonds is 7. The highest BCUT2D eigenvalue weighted by Crippen LogP contribution is 2.29. The minimum absolute atomic E-state index is 0.0327. The lowest BCUT2D eigenvalue weighted by molar-refractivity contribution is 0.386. The standard InChI is InChI=1S/C21H27N9O4S/c31-18-16(25-21(32)27-18)9-11-10-22-30-17(11)26-19(28-20(30)24-13-1-2-13)23-12-3-5-14(6-4-12)29-35(33,34)15-7-8-15/h9-10,12-15,29,31H,1-8H2,(H,23,24,28)(H2,25,27,32)/b11-9-. The van der Waals surface area contributed by atoms with Gasteiger partial charge in [-0.25, -0.2) is 22.9 Å². The number of aromatic amines is 2. The molecule has 0 atom stereocenters. The molecule has 0 saturated heterocycles. The molecule has 186 valence electrons. The third kappa shape index (κ3) is 4.80. The van der Waals surface area contributed by atoms with Gasteiger partial charge in [0.25, 0.3) is 5.62 Å². The summed E-state index contributed by atoms with van der Waals surface area (Å²) < 4.78 is 28.9. The van der Waals surface area contributed by atoms with Gasteiger partial charge in [0.2, 0.25) is 21.9 Å². The largest absolute Gasteiger partial charge is 0.493 e. The van der Waals surface area contributed by atoms with Gasteiger partial charge in [0.15, 0.2) is 5.65 Å². The SMILES string of the molecule is O=c1[nH]c(O)c(/C=c2/cnn3c(=NC4CC4)nc(NC4CCC(NS(=O)(=O)C5CC5)CC4)nc23)[nH]1. The smallest absolute Gasteiger partial charge is 0.326 e. The van der Waals surface area contributed by atoms with Gasteiger partial charge in [0, 0.05) is 17.3 Å². The topological polar surface area (TPSA) is 183 Å². The van der Waals surface area contributed by atoms with Gasteiger partial charge in [-0.2, -0.15) is 19.6 Å². The van der Waals surface area contributed by atoms with Crippen LogP contribution in [0.2, 0.25) is 0 Å². The van der Waals surface area contributed by atoms with E-state index >= 15 is 0 Å². The number of anilines is 1. The van der Waals surface area contributed by atoms with Gasteiger partial charge < -0.3 is 15.4 Å². The summed E-state index contributed by atoms with van der Waals surface area (Å²) in [5.41, 5.74) is 0.652. The molecular formula is C21H27N9O4S. The third-order valence-electron chi connectivity index (χ3n) is 6.61. The molecule has 3 saturated carbocycles. The summed E-state index contributed by atoms with van der Waals surface area (Å²) in [6, 6.07) is 0.292. The molecule has 0 radical (unpaired) electrons. The Labute approximate surface area is 199 Å². The molecule has 3 aliphatic rings. The molecule has 0 spiro atoms. The van der Waals surface area contributed by atoms with E-state index in [1.165, 1.54) is 0 Å². The first kappa shape index (κ1) is 22.2. The molecule has 3 aliphatic carbocycles. The van der Waals surface area contributed by atoms with Gasteiger partial charge >= 0.3 is 5.69 Å². The van der Waals surface area contributed by atoms with Crippen molar-refractivity contribution in [2.75, 3.05) is 5.32 Å². The quantitative estimate of drug-likeness (QED) is 0.280. The van der Waals surface area contributed by atoms with E-state index in [2.05, 4.69) is 40.1 Å². The van der Waals surface area contributed by atoms with E-state index in [9.17, 15) is 18.3 Å². The Balaban J connectivity index is 1.26. The van der Waals surface area contributed by atoms with Crippen molar-refractivity contribution >= 4 is 27.7 Å². The predicted octanol–water partition coefficient (Wildman–Crippen LogP) is -0.738. The molecule has 13 nitrogen and oxygen atoms in total. The van der Waals surface area contributed by atoms with Crippen LogP contribution in [0.15, 0.2) is 16.0 Å². The van der Waals surface area contributed by atoms with Crippen LogP contribution >= 0.6 is 0 Å². The Morgan fingerprint density at radius 1 is 1.06 bits per heavy atom. The minimum Gasteiger partial charge on any atom is -0.493 e. The molecule has 14 heteroatoms. The second kappa shape index (κ2) is 8.45. The maximum atomic E-state index is 12.2. The summed E-state index contributed by atoms with van der Waals surface area (Å²) in [4.78, 5) is 30.2. The average molecular weight is 502 g/mol. The van der Waals surface area contributed by atoms with Gasteiger partial charge in [-0.3, -0.25) is 4.98 Å². The Bertz CT molecular complexity index is 1540. The highest BCUT2D eigenvalue weighted by atomic mass is 32.2. The number of hydrogen-bond donors (Lipinski definition) is 5. The molecule has 35 heavy (non-hydrogen) atoms. The van der Waals surface area contributed by atoms with Crippen LogP contribution in [0.4, 0.5) is 5.95 Å². The van der Waals surface area contributed by atoms with E-state index in [4.69, 9.17) is 0 Å². The van der Waals surface area contributed by atoms with Gasteiger partial charge in [0.05, 0.1) is 17.5 Å². The summed E-state index contributed by atoms with van der Waals surface area (Å²) in [6.07, 6.45) is 9.78. The summed E-state index contributed by atoms with van der Waals surface area (Å²) in [5.74, 6) is 0.152. The van der Waals surface area contributed by atoms with Crippen molar-refractivity contribution in [2.45, 2.75) is 74.7 Å². The maximum absolute atomic E-state index is 12.2. The molecule has 3 aromatic heterocycles. The van der Waals surface area contributed by atoms with Gasteiger partial charge in [-0.05, 0) is 57.4 Å². The van der Waals surface area contributed by atoms with Crippen LogP contribution in [-0.2, 0) is 10.0 Å². The van der Waals surface area contributed by atoms with Crippen molar-refractivity contribution in [3.63, 3.8) is 0 Å². The number of nitrogens with one attached hydrogen (secondary N) is 4. The van der Waals surface area contributed by atoms with Crippen LogP contribution < -0.4 is 26.6 Å². The van der Waals surface area contributed by atoms with E-state index in [1.807, 2.05) is 0 Å². The Morgan fingerprint density at radius 2 is 1.80 bits per heavy atom. The lowest BCUT2D eigenvalue weighted by Gasteiger charge is -2.29. The normalized spacial score (nSPS) is 24.3. The Hall–Kier alpha value is -3.26. The molecule has 3 aromatic rings. The van der Waals surface area contributed by atoms with Crippen molar-refractivity contribution in [3.05, 3.63) is 33.2 Å². The predicted molar refractivity (Wildman–Crippen MR) is 126 cm³/mol. The molecule has 3 fully saturated rings. The third-order valence-corrected chi connectivity index (χ3v) is 8.62. The summed E-state index contributed by atoms with van der Waals surface area (Å²) in [5, 5.41) is 18.1. The number of hydrogen-bond acceptors (Lipinski definition) is 9. The van der Waals surface area contributed by atoms with Crippen molar-refractivity contribution in [3.8, 4) is 5.88 Å². The Morgan fingerprint density at radius 3 is 2.46 bits per heavy atom. The van der Waals surface area contributed by atoms with Gasteiger partial charge in [-0.15, -0.1) is 0 Å². The van der Waals surface area contributed by atoms with Crippen LogP contribution in [0.3, 0.4) is 0 Å². The number of H-pyrrole nitrogens is 2. The van der Waals surface area contributed by atoms with Crippen LogP contribution in [0.5, 0.6) is 5.88 Å². The fraction of sp³-hybridized carbons (Fsp3) is 0.571. The Kier molecular flexibility index (Phi) is 5.36. The summed E-state index contributed by atoms with van der Waals surface area (Å²) in [6.45, 7) is 0. The zero-order valence-corrected chi connectivity index (χ0v) is 19.8. The molecule has 3 heterocycles. The first-order valence-electron chi connectivity index (χ1n) is 11.9. The second-order valence-corrected chi connectivity index (χ2v) is 11.6. The molecule has 0 aromatic carbocycles. The van der Waals surface area contributed by atoms with E-state index in [0.717, 1.165) is 51.4 Å². The zero-order chi connectivity index (χ0) is 24.2. The first-order chi connectivity index (χ1) is 16.8. The fourth-order valence-electron chi connectivity index (χ4n) is 4.39. The number of aromatic hydroxyl groups is 1. The molecule has 0 unspecified atom stereocenters. The highest BCUT2D eigenvalue weighted by molar-refractivity contribution is 7.90. The molecule has 6 rings (SSSR count). The first-order valence-corrected chi connectivity index (χ1v) is 13.5. The second-order valence-electron chi connectivity index (χ2n) is 9.58. The van der Waals surface area contributed by atoms with Crippen LogP contribution in [0, 0.1) is 0 Å². The minimum atomic E-state index is -3.19. The van der Waals surface area contributed by atoms with Crippen LogP contribution in [0.1, 0.15) is 57.1 Å². The monoisotopic (exact) mass is 501 g/mol. The summed E-state index contributed by atoms with van der Waals surface area (Å²) in [7, 11) is -3.19. The van der Waals surface area contributed by atoms with Gasteiger partial charge in [0.1, 0.15) is 5.69 Å². The van der Waals surface area contributed by atoms with E-state index < -0.39 is 15.7 Å². The fourth-order valence-corrected chi connectivity index (χ4v) is 6.04. The van der Waals surface area contributed by atoms with Crippen molar-refractivity contribution in [1.29, 1.82) is 0 Å². The molecule has 5 N–H and O–H groups in total. The van der Waals surface area contributed by atoms with E-state index in [0.29, 0.717) is 22.4 Å². The van der Waals surface area contributed by atoms with Crippen molar-refractivity contribution < 1.29 is 13.5 Å². The number of fused-ring (bicyclic) bond motifs is 1. The van der Waals surface area contributed by atoms with Crippen LogP contribution in [0.25, 0.3) is 11.7 Å². The molecule has 0 amide bonds. The highest BCUT2D eigenvalue weighted by Gasteiger charge is 2.37. The van der Waals surface area contributed by atoms with Crippen molar-refractivity contribution in [1.82, 2.24) is 34.3 Å². The molecule has 0 aliphatic heterocycles. The number of aromatic nitrogens is 6. The number of sulfonamides is 1. The molecule has 0 bridgehead atoms. The lowest BCUT2D eigenvalue weighted by Crippen LogP contribution is -2.41. The maximum Gasteiger partial charge on any atom is 0.326 e. The molecular weight excluding hydrogens is 474 g/mol. The van der Waals surface area contributed by atoms with Crippen LogP contribution in [-0.4, -0.2) is 66.4 Å². The van der Waals surface area contributed by atoms with E-state index in [-0.39, 0.29) is 34.9 Å². The van der Waals surface area contributed by atoms with Gasteiger partial charge in [-0.1, -0.05) is 0 Å².